The van der Waals surface area contributed by atoms with Gasteiger partial charge in [-0.1, -0.05) is 18.2 Å². The lowest BCUT2D eigenvalue weighted by Crippen LogP contribution is -2.49. The number of ether oxygens (including phenoxy) is 1. The van der Waals surface area contributed by atoms with Crippen molar-refractivity contribution in [1.29, 1.82) is 0 Å². The highest BCUT2D eigenvalue weighted by molar-refractivity contribution is 5.87. The van der Waals surface area contributed by atoms with Gasteiger partial charge in [-0.05, 0) is 42.6 Å². The molecule has 1 saturated heterocycles. The monoisotopic (exact) mass is 350 g/mol. The molecule has 0 spiro atoms. The first-order chi connectivity index (χ1) is 12.7. The number of hydrogen-bond acceptors (Lipinski definition) is 5. The lowest BCUT2D eigenvalue weighted by atomic mass is 10.1. The van der Waals surface area contributed by atoms with Crippen LogP contribution in [-0.4, -0.2) is 32.8 Å². The van der Waals surface area contributed by atoms with Gasteiger partial charge in [0.05, 0.1) is 18.1 Å². The van der Waals surface area contributed by atoms with E-state index in [1.54, 1.807) is 7.11 Å². The number of piperazine rings is 1. The van der Waals surface area contributed by atoms with Crippen molar-refractivity contribution in [3.63, 3.8) is 0 Å². The second-order valence-corrected chi connectivity index (χ2v) is 6.67. The zero-order valence-electron chi connectivity index (χ0n) is 15.0. The molecule has 2 aromatic carbocycles. The van der Waals surface area contributed by atoms with E-state index < -0.39 is 0 Å². The van der Waals surface area contributed by atoms with E-state index in [1.165, 1.54) is 0 Å². The highest BCUT2D eigenvalue weighted by atomic mass is 16.5. The number of nitrogens with zero attached hydrogens (tertiary/aromatic N) is 1. The summed E-state index contributed by atoms with van der Waals surface area (Å²) in [5.41, 5.74) is 1.51. The summed E-state index contributed by atoms with van der Waals surface area (Å²) in [6.07, 6.45) is 0. The van der Waals surface area contributed by atoms with E-state index in [2.05, 4.69) is 23.2 Å². The average molecular weight is 350 g/mol. The molecular formula is C21H22N2O3. The molecule has 0 amide bonds. The molecule has 134 valence electrons. The van der Waals surface area contributed by atoms with E-state index in [4.69, 9.17) is 9.15 Å². The standard InChI is InChI=1S/C21H22N2O3/c1-14-13-23(10-9-22-14)16-8-7-15-11-20(26-21(24)18(15)12-16)17-5-3-4-6-19(17)25-2/h3-8,11-12,14,22H,9-10,13H2,1-2H3/t14-/m0/s1. The SMILES string of the molecule is COc1ccccc1-c1cc2ccc(N3CCN[C@@H](C)C3)cc2c(=O)o1. The van der Waals surface area contributed by atoms with Gasteiger partial charge >= 0.3 is 5.63 Å². The molecule has 0 unspecified atom stereocenters. The van der Waals surface area contributed by atoms with E-state index in [-0.39, 0.29) is 5.63 Å². The van der Waals surface area contributed by atoms with Crippen LogP contribution in [0.15, 0.2) is 57.7 Å². The molecule has 1 N–H and O–H groups in total. The summed E-state index contributed by atoms with van der Waals surface area (Å²) < 4.78 is 11.0. The van der Waals surface area contributed by atoms with Crippen molar-refractivity contribution >= 4 is 16.5 Å². The Morgan fingerprint density at radius 1 is 1.19 bits per heavy atom. The third-order valence-electron chi connectivity index (χ3n) is 4.85. The van der Waals surface area contributed by atoms with Gasteiger partial charge in [0.15, 0.2) is 0 Å². The molecule has 2 heterocycles. The molecule has 1 aromatic heterocycles. The lowest BCUT2D eigenvalue weighted by Gasteiger charge is -2.33. The molecule has 0 bridgehead atoms. The number of anilines is 1. The van der Waals surface area contributed by atoms with Gasteiger partial charge in [-0.15, -0.1) is 0 Å². The average Bonchev–Trinajstić information content (AvgIpc) is 2.67. The van der Waals surface area contributed by atoms with Crippen molar-refractivity contribution in [3.8, 4) is 17.1 Å². The lowest BCUT2D eigenvalue weighted by molar-refractivity contribution is 0.414. The maximum atomic E-state index is 12.6. The minimum Gasteiger partial charge on any atom is -0.496 e. The van der Waals surface area contributed by atoms with Crippen molar-refractivity contribution in [2.24, 2.45) is 0 Å². The molecule has 26 heavy (non-hydrogen) atoms. The predicted octanol–water partition coefficient (Wildman–Crippen LogP) is 3.27. The van der Waals surface area contributed by atoms with Crippen molar-refractivity contribution < 1.29 is 9.15 Å². The Morgan fingerprint density at radius 3 is 2.85 bits per heavy atom. The Kier molecular flexibility index (Phi) is 4.39. The Hall–Kier alpha value is -2.79. The maximum Gasteiger partial charge on any atom is 0.344 e. The summed E-state index contributed by atoms with van der Waals surface area (Å²) in [5, 5.41) is 4.91. The summed E-state index contributed by atoms with van der Waals surface area (Å²) in [4.78, 5) is 14.9. The van der Waals surface area contributed by atoms with Gasteiger partial charge in [0.25, 0.3) is 0 Å². The van der Waals surface area contributed by atoms with Crippen molar-refractivity contribution in [3.05, 3.63) is 59.0 Å². The first kappa shape index (κ1) is 16.7. The Balaban J connectivity index is 1.77. The van der Waals surface area contributed by atoms with Crippen LogP contribution >= 0.6 is 0 Å². The van der Waals surface area contributed by atoms with Gasteiger partial charge in [-0.2, -0.15) is 0 Å². The van der Waals surface area contributed by atoms with Gasteiger partial charge in [0.1, 0.15) is 11.5 Å². The predicted molar refractivity (Wildman–Crippen MR) is 104 cm³/mol. The van der Waals surface area contributed by atoms with E-state index in [1.807, 2.05) is 42.5 Å². The first-order valence-electron chi connectivity index (χ1n) is 8.85. The maximum absolute atomic E-state index is 12.6. The Bertz CT molecular complexity index is 996. The van der Waals surface area contributed by atoms with E-state index >= 15 is 0 Å². The summed E-state index contributed by atoms with van der Waals surface area (Å²) in [6.45, 7) is 4.97. The number of methoxy groups -OCH3 is 1. The zero-order chi connectivity index (χ0) is 18.1. The van der Waals surface area contributed by atoms with Crippen molar-refractivity contribution in [1.82, 2.24) is 5.32 Å². The minimum absolute atomic E-state index is 0.326. The van der Waals surface area contributed by atoms with Gasteiger partial charge < -0.3 is 19.4 Å². The van der Waals surface area contributed by atoms with Crippen LogP contribution in [0.1, 0.15) is 6.92 Å². The third-order valence-corrected chi connectivity index (χ3v) is 4.85. The van der Waals surface area contributed by atoms with Crippen LogP contribution in [0.3, 0.4) is 0 Å². The summed E-state index contributed by atoms with van der Waals surface area (Å²) >= 11 is 0. The molecule has 0 aliphatic carbocycles. The van der Waals surface area contributed by atoms with E-state index in [0.29, 0.717) is 22.9 Å². The summed E-state index contributed by atoms with van der Waals surface area (Å²) in [6, 6.07) is 15.9. The van der Waals surface area contributed by atoms with Gasteiger partial charge in [0.2, 0.25) is 0 Å². The molecular weight excluding hydrogens is 328 g/mol. The molecule has 4 rings (SSSR count). The molecule has 5 heteroatoms. The van der Waals surface area contributed by atoms with Crippen LogP contribution in [0.2, 0.25) is 0 Å². The fraction of sp³-hybridized carbons (Fsp3) is 0.286. The van der Waals surface area contributed by atoms with Crippen LogP contribution in [0.4, 0.5) is 5.69 Å². The van der Waals surface area contributed by atoms with Crippen LogP contribution in [-0.2, 0) is 0 Å². The highest BCUT2D eigenvalue weighted by Crippen LogP contribution is 2.31. The van der Waals surface area contributed by atoms with Gasteiger partial charge in [-0.25, -0.2) is 4.79 Å². The smallest absolute Gasteiger partial charge is 0.344 e. The van der Waals surface area contributed by atoms with Crippen molar-refractivity contribution in [2.45, 2.75) is 13.0 Å². The van der Waals surface area contributed by atoms with Crippen LogP contribution in [0.25, 0.3) is 22.1 Å². The molecule has 5 nitrogen and oxygen atoms in total. The number of para-hydroxylation sites is 1. The fourth-order valence-corrected chi connectivity index (χ4v) is 3.52. The third kappa shape index (κ3) is 3.06. The number of hydrogen-bond donors (Lipinski definition) is 1. The quantitative estimate of drug-likeness (QED) is 0.786. The van der Waals surface area contributed by atoms with Crippen molar-refractivity contribution in [2.75, 3.05) is 31.6 Å². The minimum atomic E-state index is -0.326. The first-order valence-corrected chi connectivity index (χ1v) is 8.85. The zero-order valence-corrected chi connectivity index (χ0v) is 15.0. The second kappa shape index (κ2) is 6.84. The molecule has 1 fully saturated rings. The van der Waals surface area contributed by atoms with Crippen LogP contribution < -0.4 is 20.6 Å². The number of benzene rings is 2. The summed E-state index contributed by atoms with van der Waals surface area (Å²) in [5.74, 6) is 1.20. The summed E-state index contributed by atoms with van der Waals surface area (Å²) in [7, 11) is 1.61. The molecule has 1 aliphatic heterocycles. The van der Waals surface area contributed by atoms with Gasteiger partial charge in [-0.3, -0.25) is 0 Å². The molecule has 1 atom stereocenters. The van der Waals surface area contributed by atoms with Crippen LogP contribution in [0.5, 0.6) is 5.75 Å². The number of rotatable bonds is 3. The topological polar surface area (TPSA) is 54.7 Å². The largest absolute Gasteiger partial charge is 0.496 e. The van der Waals surface area contributed by atoms with E-state index in [0.717, 1.165) is 36.3 Å². The number of fused-ring (bicyclic) bond motifs is 1. The van der Waals surface area contributed by atoms with Gasteiger partial charge in [0, 0.05) is 31.4 Å². The Labute approximate surface area is 152 Å². The molecule has 1 aliphatic rings. The normalized spacial score (nSPS) is 17.5. The number of nitrogens with one attached hydrogen (secondary N) is 1. The molecule has 0 radical (unpaired) electrons. The highest BCUT2D eigenvalue weighted by Gasteiger charge is 2.17. The fourth-order valence-electron chi connectivity index (χ4n) is 3.52. The van der Waals surface area contributed by atoms with Crippen LogP contribution in [0, 0.1) is 0 Å². The van der Waals surface area contributed by atoms with E-state index in [9.17, 15) is 4.79 Å². The molecule has 3 aromatic rings. The Morgan fingerprint density at radius 2 is 2.04 bits per heavy atom. The molecule has 0 saturated carbocycles. The second-order valence-electron chi connectivity index (χ2n) is 6.67.